The van der Waals surface area contributed by atoms with Crippen molar-refractivity contribution < 1.29 is 3.07 Å². The summed E-state index contributed by atoms with van der Waals surface area (Å²) in [6.07, 6.45) is 0. The monoisotopic (exact) mass is 167 g/mol. The molecule has 0 fully saturated rings. The van der Waals surface area contributed by atoms with Gasteiger partial charge in [0, 0.05) is 0 Å². The van der Waals surface area contributed by atoms with E-state index in [1.165, 1.54) is 0 Å². The van der Waals surface area contributed by atoms with Gasteiger partial charge in [0.15, 0.2) is 0 Å². The Labute approximate surface area is 40.0 Å². The Hall–Kier alpha value is 0.759. The Morgan fingerprint density at radius 2 is 2.25 bits per heavy atom. The summed E-state index contributed by atoms with van der Waals surface area (Å²) in [6.45, 7) is 2.90. The van der Waals surface area contributed by atoms with Crippen LogP contribution in [0.4, 0.5) is 0 Å². The van der Waals surface area contributed by atoms with E-state index < -0.39 is 0 Å². The molecule has 0 heterocycles. The molecule has 1 nitrogen and oxygen atoms in total. The summed E-state index contributed by atoms with van der Waals surface area (Å²) >= 11 is 0.713. The third kappa shape index (κ3) is 2.76. The normalized spacial score (nSPS) is 7.50. The first-order chi connectivity index (χ1) is 1.91. The molecular formula is C2H7OSn. The number of hydrogen-bond donors (Lipinski definition) is 0. The van der Waals surface area contributed by atoms with Gasteiger partial charge in [0.1, 0.15) is 0 Å². The van der Waals surface area contributed by atoms with Crippen molar-refractivity contribution in [1.82, 2.24) is 0 Å². The standard InChI is InChI=1S/C2H5O.Sn.2H/c1-2-3;;;/h2H2,1H3;;;/q-1;+1;;. The van der Waals surface area contributed by atoms with Crippen LogP contribution in [0.3, 0.4) is 0 Å². The van der Waals surface area contributed by atoms with Gasteiger partial charge in [0.2, 0.25) is 0 Å². The van der Waals surface area contributed by atoms with Crippen LogP contribution in [0.1, 0.15) is 6.92 Å². The van der Waals surface area contributed by atoms with Crippen molar-refractivity contribution in [3.63, 3.8) is 0 Å². The van der Waals surface area contributed by atoms with Crippen LogP contribution < -0.4 is 0 Å². The molecule has 0 atom stereocenters. The van der Waals surface area contributed by atoms with E-state index in [1.807, 2.05) is 6.92 Å². The number of rotatable bonds is 1. The van der Waals surface area contributed by atoms with Gasteiger partial charge < -0.3 is 0 Å². The topological polar surface area (TPSA) is 9.23 Å². The summed E-state index contributed by atoms with van der Waals surface area (Å²) in [6, 6.07) is 0. The Kier molecular flexibility index (Phi) is 4.47. The maximum atomic E-state index is 4.71. The van der Waals surface area contributed by atoms with Crippen molar-refractivity contribution in [2.24, 2.45) is 0 Å². The fraction of sp³-hybridized carbons (Fsp3) is 1.00. The fourth-order valence-corrected chi connectivity index (χ4v) is 0. The molecule has 0 unspecified atom stereocenters. The molecule has 0 aliphatic heterocycles. The quantitative estimate of drug-likeness (QED) is 0.480. The van der Waals surface area contributed by atoms with Crippen molar-refractivity contribution in [2.45, 2.75) is 6.92 Å². The minimum atomic E-state index is 0.713. The average molecular weight is 166 g/mol. The summed E-state index contributed by atoms with van der Waals surface area (Å²) < 4.78 is 4.71. The van der Waals surface area contributed by atoms with Crippen LogP contribution in [0, 0.1) is 0 Å². The summed E-state index contributed by atoms with van der Waals surface area (Å²) in [5.41, 5.74) is 0. The van der Waals surface area contributed by atoms with Gasteiger partial charge in [-0.15, -0.1) is 0 Å². The molecule has 0 aromatic heterocycles. The second kappa shape index (κ2) is 3.76. The summed E-state index contributed by atoms with van der Waals surface area (Å²) in [5, 5.41) is 0. The first kappa shape index (κ1) is 4.76. The maximum absolute atomic E-state index is 4.71. The molecule has 0 saturated carbocycles. The van der Waals surface area contributed by atoms with Crippen LogP contribution in [0.5, 0.6) is 0 Å². The molecular weight excluding hydrogens is 159 g/mol. The molecule has 0 spiro atoms. The summed E-state index contributed by atoms with van der Waals surface area (Å²) in [4.78, 5) is 0. The fourth-order valence-electron chi connectivity index (χ4n) is 0. The second-order valence-electron chi connectivity index (χ2n) is 0.493. The van der Waals surface area contributed by atoms with E-state index in [2.05, 4.69) is 0 Å². The van der Waals surface area contributed by atoms with Gasteiger partial charge in [-0.2, -0.15) is 0 Å². The van der Waals surface area contributed by atoms with Gasteiger partial charge in [-0.25, -0.2) is 0 Å². The zero-order valence-electron chi connectivity index (χ0n) is 2.82. The molecule has 0 amide bonds. The van der Waals surface area contributed by atoms with E-state index in [9.17, 15) is 0 Å². The SMILES string of the molecule is CC[O][SnH2]. The third-order valence-corrected chi connectivity index (χ3v) is 1.37. The minimum absolute atomic E-state index is 0.713. The molecule has 0 bridgehead atoms. The van der Waals surface area contributed by atoms with Crippen LogP contribution in [0.25, 0.3) is 0 Å². The predicted octanol–water partition coefficient (Wildman–Crippen LogP) is -0.429. The van der Waals surface area contributed by atoms with Crippen molar-refractivity contribution in [1.29, 1.82) is 0 Å². The molecule has 0 aliphatic carbocycles. The molecule has 4 heavy (non-hydrogen) atoms. The van der Waals surface area contributed by atoms with E-state index in [-0.39, 0.29) is 0 Å². The summed E-state index contributed by atoms with van der Waals surface area (Å²) in [7, 11) is 0. The first-order valence-corrected chi connectivity index (χ1v) is 2.93. The Morgan fingerprint density at radius 1 is 2.00 bits per heavy atom. The van der Waals surface area contributed by atoms with Gasteiger partial charge in [-0.05, 0) is 0 Å². The molecule has 0 rings (SSSR count). The van der Waals surface area contributed by atoms with Gasteiger partial charge >= 0.3 is 39.5 Å². The Balaban J connectivity index is 1.97. The van der Waals surface area contributed by atoms with Crippen LogP contribution in [0.2, 0.25) is 0 Å². The van der Waals surface area contributed by atoms with Crippen LogP contribution in [0.15, 0.2) is 0 Å². The zero-order chi connectivity index (χ0) is 3.41. The van der Waals surface area contributed by atoms with Crippen molar-refractivity contribution in [2.75, 3.05) is 6.61 Å². The van der Waals surface area contributed by atoms with Gasteiger partial charge in [0.25, 0.3) is 0 Å². The van der Waals surface area contributed by atoms with E-state index in [0.29, 0.717) is 22.9 Å². The predicted molar refractivity (Wildman–Crippen MR) is 20.2 cm³/mol. The van der Waals surface area contributed by atoms with Crippen molar-refractivity contribution in [3.05, 3.63) is 0 Å². The molecule has 1 radical (unpaired) electrons. The zero-order valence-corrected chi connectivity index (χ0v) is 6.86. The summed E-state index contributed by atoms with van der Waals surface area (Å²) in [5.74, 6) is 0. The van der Waals surface area contributed by atoms with Crippen LogP contribution >= 0.6 is 0 Å². The first-order valence-electron chi connectivity index (χ1n) is 1.28. The molecule has 0 N–H and O–H groups in total. The van der Waals surface area contributed by atoms with Gasteiger partial charge in [-0.3, -0.25) is 0 Å². The average Bonchev–Trinajstić information content (AvgIpc) is 1.37. The second-order valence-corrected chi connectivity index (χ2v) is 1.66. The van der Waals surface area contributed by atoms with E-state index >= 15 is 0 Å². The Bertz CT molecular complexity index is 8.00. The van der Waals surface area contributed by atoms with Gasteiger partial charge in [0.05, 0.1) is 0 Å². The molecule has 0 saturated heterocycles. The van der Waals surface area contributed by atoms with Crippen molar-refractivity contribution in [3.8, 4) is 0 Å². The van der Waals surface area contributed by atoms with E-state index in [1.54, 1.807) is 0 Å². The third-order valence-electron chi connectivity index (χ3n) is 0.204. The van der Waals surface area contributed by atoms with E-state index in [4.69, 9.17) is 3.07 Å². The molecule has 0 aromatic carbocycles. The van der Waals surface area contributed by atoms with Crippen LogP contribution in [-0.4, -0.2) is 29.5 Å². The molecule has 0 aliphatic rings. The number of hydrogen-bond acceptors (Lipinski definition) is 1. The molecule has 2 heteroatoms. The van der Waals surface area contributed by atoms with Crippen molar-refractivity contribution >= 4 is 22.9 Å². The molecule has 25 valence electrons. The Morgan fingerprint density at radius 3 is 2.25 bits per heavy atom. The van der Waals surface area contributed by atoms with Gasteiger partial charge in [-0.1, -0.05) is 0 Å². The molecule has 0 aromatic rings. The van der Waals surface area contributed by atoms with E-state index in [0.717, 1.165) is 6.61 Å². The van der Waals surface area contributed by atoms with Crippen LogP contribution in [-0.2, 0) is 3.07 Å².